The van der Waals surface area contributed by atoms with Crippen LogP contribution >= 0.6 is 0 Å². The van der Waals surface area contributed by atoms with Gasteiger partial charge in [-0.15, -0.1) is 0 Å². The maximum Gasteiger partial charge on any atom is 0.192 e. The molecule has 0 atom stereocenters. The summed E-state index contributed by atoms with van der Waals surface area (Å²) in [5.74, 6) is 0. The van der Waals surface area contributed by atoms with E-state index in [4.69, 9.17) is 0 Å². The van der Waals surface area contributed by atoms with Crippen molar-refractivity contribution in [1.29, 1.82) is 0 Å². The van der Waals surface area contributed by atoms with Gasteiger partial charge in [0.15, 0.2) is 14.9 Å². The van der Waals surface area contributed by atoms with Crippen molar-refractivity contribution in [2.75, 3.05) is 6.26 Å². The second-order valence-corrected chi connectivity index (χ2v) is 5.79. The van der Waals surface area contributed by atoms with Crippen LogP contribution in [0.4, 0.5) is 0 Å². The van der Waals surface area contributed by atoms with Gasteiger partial charge in [-0.2, -0.15) is 0 Å². The summed E-state index contributed by atoms with van der Waals surface area (Å²) in [4.78, 5) is 8.19. The van der Waals surface area contributed by atoms with Crippen molar-refractivity contribution >= 4 is 9.84 Å². The lowest BCUT2D eigenvalue weighted by Crippen LogP contribution is -2.00. The van der Waals surface area contributed by atoms with Gasteiger partial charge in [0.05, 0.1) is 5.69 Å². The van der Waals surface area contributed by atoms with Gasteiger partial charge in [0.2, 0.25) is 0 Å². The van der Waals surface area contributed by atoms with Gasteiger partial charge < -0.3 is 0 Å². The van der Waals surface area contributed by atoms with E-state index in [0.717, 1.165) is 23.1 Å². The first kappa shape index (κ1) is 11.7. The molecule has 5 heteroatoms. The van der Waals surface area contributed by atoms with E-state index in [1.54, 1.807) is 12.3 Å². The SMILES string of the molecule is Cc1cccnc1-c1ccc(S(C)(=O)=O)nc1. The first-order chi connectivity index (χ1) is 7.98. The molecule has 2 aromatic rings. The van der Waals surface area contributed by atoms with Gasteiger partial charge >= 0.3 is 0 Å². The third-order valence-corrected chi connectivity index (χ3v) is 3.40. The van der Waals surface area contributed by atoms with E-state index in [9.17, 15) is 8.42 Å². The van der Waals surface area contributed by atoms with Crippen molar-refractivity contribution in [3.05, 3.63) is 42.2 Å². The van der Waals surface area contributed by atoms with Crippen LogP contribution in [0.3, 0.4) is 0 Å². The zero-order chi connectivity index (χ0) is 12.5. The van der Waals surface area contributed by atoms with Crippen LogP contribution in [0.1, 0.15) is 5.56 Å². The summed E-state index contributed by atoms with van der Waals surface area (Å²) >= 11 is 0. The zero-order valence-electron chi connectivity index (χ0n) is 9.58. The molecule has 0 saturated heterocycles. The lowest BCUT2D eigenvalue weighted by molar-refractivity contribution is 0.598. The summed E-state index contributed by atoms with van der Waals surface area (Å²) in [6, 6.07) is 7.03. The molecule has 0 aliphatic carbocycles. The van der Waals surface area contributed by atoms with Crippen molar-refractivity contribution < 1.29 is 8.42 Å². The average Bonchev–Trinajstić information content (AvgIpc) is 2.29. The lowest BCUT2D eigenvalue weighted by atomic mass is 10.1. The Morgan fingerprint density at radius 3 is 2.41 bits per heavy atom. The first-order valence-electron chi connectivity index (χ1n) is 5.06. The quantitative estimate of drug-likeness (QED) is 0.813. The van der Waals surface area contributed by atoms with E-state index in [2.05, 4.69) is 9.97 Å². The molecule has 0 amide bonds. The minimum atomic E-state index is -3.24. The summed E-state index contributed by atoms with van der Waals surface area (Å²) in [6.07, 6.45) is 4.37. The Kier molecular flexibility index (Phi) is 2.93. The Labute approximate surface area is 100 Å². The molecule has 17 heavy (non-hydrogen) atoms. The predicted molar refractivity (Wildman–Crippen MR) is 65.3 cm³/mol. The molecule has 0 aromatic carbocycles. The van der Waals surface area contributed by atoms with E-state index in [1.165, 1.54) is 12.3 Å². The van der Waals surface area contributed by atoms with Crippen molar-refractivity contribution in [2.45, 2.75) is 11.9 Å². The third-order valence-electron chi connectivity index (χ3n) is 2.40. The molecule has 2 rings (SSSR count). The fraction of sp³-hybridized carbons (Fsp3) is 0.167. The summed E-state index contributed by atoms with van der Waals surface area (Å²) in [5, 5.41) is 0.0786. The Morgan fingerprint density at radius 1 is 1.12 bits per heavy atom. The molecule has 0 unspecified atom stereocenters. The Morgan fingerprint density at radius 2 is 1.88 bits per heavy atom. The highest BCUT2D eigenvalue weighted by Gasteiger charge is 2.09. The van der Waals surface area contributed by atoms with Crippen LogP contribution in [-0.4, -0.2) is 24.6 Å². The van der Waals surface area contributed by atoms with Crippen molar-refractivity contribution in [1.82, 2.24) is 9.97 Å². The first-order valence-corrected chi connectivity index (χ1v) is 6.96. The molecule has 0 bridgehead atoms. The van der Waals surface area contributed by atoms with Crippen LogP contribution < -0.4 is 0 Å². The number of rotatable bonds is 2. The van der Waals surface area contributed by atoms with Crippen LogP contribution in [0.2, 0.25) is 0 Å². The number of nitrogens with zero attached hydrogens (tertiary/aromatic N) is 2. The van der Waals surface area contributed by atoms with Gasteiger partial charge in [0.1, 0.15) is 0 Å². The van der Waals surface area contributed by atoms with Crippen LogP contribution in [0.5, 0.6) is 0 Å². The molecule has 0 saturated carbocycles. The molecule has 0 spiro atoms. The predicted octanol–water partition coefficient (Wildman–Crippen LogP) is 1.86. The summed E-state index contributed by atoms with van der Waals surface area (Å²) in [6.45, 7) is 1.95. The summed E-state index contributed by atoms with van der Waals surface area (Å²) in [5.41, 5.74) is 2.66. The lowest BCUT2D eigenvalue weighted by Gasteiger charge is -2.04. The molecular weight excluding hydrogens is 236 g/mol. The third kappa shape index (κ3) is 2.50. The fourth-order valence-electron chi connectivity index (χ4n) is 1.53. The van der Waals surface area contributed by atoms with Gasteiger partial charge in [0.25, 0.3) is 0 Å². The highest BCUT2D eigenvalue weighted by Crippen LogP contribution is 2.20. The largest absolute Gasteiger partial charge is 0.256 e. The summed E-state index contributed by atoms with van der Waals surface area (Å²) < 4.78 is 22.5. The molecule has 0 aliphatic heterocycles. The number of sulfone groups is 1. The second kappa shape index (κ2) is 4.25. The maximum atomic E-state index is 11.3. The van der Waals surface area contributed by atoms with Crippen LogP contribution in [0.25, 0.3) is 11.3 Å². The average molecular weight is 248 g/mol. The topological polar surface area (TPSA) is 59.9 Å². The van der Waals surface area contributed by atoms with Crippen LogP contribution in [0.15, 0.2) is 41.7 Å². The van der Waals surface area contributed by atoms with Gasteiger partial charge in [-0.25, -0.2) is 13.4 Å². The van der Waals surface area contributed by atoms with Crippen molar-refractivity contribution in [3.8, 4) is 11.3 Å². The van der Waals surface area contributed by atoms with Gasteiger partial charge in [-0.1, -0.05) is 6.07 Å². The number of aromatic nitrogens is 2. The molecule has 0 aliphatic rings. The molecular formula is C12H12N2O2S. The molecule has 0 N–H and O–H groups in total. The van der Waals surface area contributed by atoms with Crippen molar-refractivity contribution in [2.24, 2.45) is 0 Å². The molecule has 88 valence electrons. The Bertz CT molecular complexity index is 634. The minimum absolute atomic E-state index is 0.0786. The smallest absolute Gasteiger partial charge is 0.192 e. The van der Waals surface area contributed by atoms with Gasteiger partial charge in [-0.05, 0) is 30.7 Å². The molecule has 0 radical (unpaired) electrons. The maximum absolute atomic E-state index is 11.3. The summed E-state index contributed by atoms with van der Waals surface area (Å²) in [7, 11) is -3.24. The Hall–Kier alpha value is -1.75. The number of pyridine rings is 2. The minimum Gasteiger partial charge on any atom is -0.256 e. The second-order valence-electron chi connectivity index (χ2n) is 3.83. The van der Waals surface area contributed by atoms with E-state index in [-0.39, 0.29) is 5.03 Å². The zero-order valence-corrected chi connectivity index (χ0v) is 10.4. The standard InChI is InChI=1S/C12H12N2O2S/c1-9-4-3-7-13-12(9)10-5-6-11(14-8-10)17(2,15)16/h3-8H,1-2H3. The van der Waals surface area contributed by atoms with Gasteiger partial charge in [-0.3, -0.25) is 4.98 Å². The monoisotopic (exact) mass is 248 g/mol. The fourth-order valence-corrected chi connectivity index (χ4v) is 2.09. The molecule has 2 heterocycles. The van der Waals surface area contributed by atoms with E-state index < -0.39 is 9.84 Å². The van der Waals surface area contributed by atoms with Crippen molar-refractivity contribution in [3.63, 3.8) is 0 Å². The highest BCUT2D eigenvalue weighted by atomic mass is 32.2. The number of aryl methyl sites for hydroxylation is 1. The number of hydrogen-bond acceptors (Lipinski definition) is 4. The van der Waals surface area contributed by atoms with Crippen LogP contribution in [0, 0.1) is 6.92 Å². The van der Waals surface area contributed by atoms with E-state index in [1.807, 2.05) is 19.1 Å². The van der Waals surface area contributed by atoms with Crippen LogP contribution in [-0.2, 0) is 9.84 Å². The van der Waals surface area contributed by atoms with E-state index >= 15 is 0 Å². The van der Waals surface area contributed by atoms with Gasteiger partial charge in [0, 0.05) is 24.2 Å². The molecule has 4 nitrogen and oxygen atoms in total. The Balaban J connectivity index is 2.47. The highest BCUT2D eigenvalue weighted by molar-refractivity contribution is 7.90. The number of hydrogen-bond donors (Lipinski definition) is 0. The molecule has 0 fully saturated rings. The normalized spacial score (nSPS) is 11.4. The van der Waals surface area contributed by atoms with E-state index in [0.29, 0.717) is 0 Å². The molecule has 2 aromatic heterocycles.